The van der Waals surface area contributed by atoms with E-state index in [2.05, 4.69) is 14.9 Å². The monoisotopic (exact) mass is 270 g/mol. The Bertz CT molecular complexity index is 620. The van der Waals surface area contributed by atoms with E-state index in [1.165, 1.54) is 24.5 Å². The Balaban J connectivity index is 2.26. The van der Waals surface area contributed by atoms with E-state index in [0.29, 0.717) is 5.56 Å². The van der Waals surface area contributed by atoms with E-state index in [-0.39, 0.29) is 12.2 Å². The summed E-state index contributed by atoms with van der Waals surface area (Å²) in [6.07, 6.45) is 3.00. The summed E-state index contributed by atoms with van der Waals surface area (Å²) in [5.41, 5.74) is 5.98. The van der Waals surface area contributed by atoms with Crippen LogP contribution in [0, 0.1) is 5.82 Å². The van der Waals surface area contributed by atoms with Gasteiger partial charge in [-0.2, -0.15) is 5.10 Å². The first-order valence-electron chi connectivity index (χ1n) is 5.02. The lowest BCUT2D eigenvalue weighted by Crippen LogP contribution is -2.25. The van der Waals surface area contributed by atoms with Crippen LogP contribution in [0.1, 0.15) is 5.56 Å². The number of nitrogens with two attached hydrogens (primary N) is 1. The minimum absolute atomic E-state index is 0.00656. The van der Waals surface area contributed by atoms with Gasteiger partial charge in [0.25, 0.3) is 0 Å². The Morgan fingerprint density at radius 1 is 1.44 bits per heavy atom. The number of aromatic nitrogens is 2. The Kier molecular flexibility index (Phi) is 3.30. The van der Waals surface area contributed by atoms with Crippen LogP contribution in [0.4, 0.5) is 10.1 Å². The number of aromatic amines is 1. The summed E-state index contributed by atoms with van der Waals surface area (Å²) in [6.45, 7) is 0.00656. The first-order chi connectivity index (χ1) is 8.50. The maximum Gasteiger partial charge on any atom is 0.245 e. The van der Waals surface area contributed by atoms with Crippen LogP contribution in [0.15, 0.2) is 35.5 Å². The number of nitrogens with one attached hydrogen (secondary N) is 2. The van der Waals surface area contributed by atoms with Crippen LogP contribution in [0.2, 0.25) is 0 Å². The van der Waals surface area contributed by atoms with Gasteiger partial charge in [-0.3, -0.25) is 5.10 Å². The lowest BCUT2D eigenvalue weighted by Gasteiger charge is -2.09. The van der Waals surface area contributed by atoms with E-state index < -0.39 is 20.7 Å². The van der Waals surface area contributed by atoms with Crippen molar-refractivity contribution in [1.82, 2.24) is 14.9 Å². The largest absolute Gasteiger partial charge is 0.398 e. The molecule has 0 amide bonds. The third-order valence-corrected chi connectivity index (χ3v) is 3.78. The molecule has 0 bridgehead atoms. The zero-order chi connectivity index (χ0) is 13.2. The van der Waals surface area contributed by atoms with Crippen molar-refractivity contribution in [2.75, 3.05) is 5.73 Å². The summed E-state index contributed by atoms with van der Waals surface area (Å²) in [7, 11) is -3.99. The second-order valence-electron chi connectivity index (χ2n) is 3.59. The Morgan fingerprint density at radius 2 is 2.22 bits per heavy atom. The molecule has 1 heterocycles. The maximum atomic E-state index is 13.5. The van der Waals surface area contributed by atoms with E-state index in [4.69, 9.17) is 5.73 Å². The van der Waals surface area contributed by atoms with E-state index in [9.17, 15) is 12.8 Å². The number of nitrogens with zero attached hydrogens (tertiary/aromatic N) is 1. The van der Waals surface area contributed by atoms with Crippen LogP contribution in [0.3, 0.4) is 0 Å². The maximum absolute atomic E-state index is 13.5. The number of benzene rings is 1. The van der Waals surface area contributed by atoms with Crippen LogP contribution in [0.5, 0.6) is 0 Å². The minimum Gasteiger partial charge on any atom is -0.398 e. The summed E-state index contributed by atoms with van der Waals surface area (Å²) in [4.78, 5) is -0.534. The molecule has 0 aliphatic carbocycles. The molecular weight excluding hydrogens is 259 g/mol. The van der Waals surface area contributed by atoms with Gasteiger partial charge in [0, 0.05) is 18.3 Å². The van der Waals surface area contributed by atoms with E-state index in [0.717, 1.165) is 6.07 Å². The molecule has 0 saturated carbocycles. The molecule has 0 fully saturated rings. The van der Waals surface area contributed by atoms with E-state index in [1.807, 2.05) is 0 Å². The SMILES string of the molecule is Nc1cccc(F)c1S(=O)(=O)NCc1cn[nH]c1. The average molecular weight is 270 g/mol. The third-order valence-electron chi connectivity index (χ3n) is 2.29. The van der Waals surface area contributed by atoms with Crippen molar-refractivity contribution < 1.29 is 12.8 Å². The topological polar surface area (TPSA) is 101 Å². The highest BCUT2D eigenvalue weighted by atomic mass is 32.2. The van der Waals surface area contributed by atoms with Gasteiger partial charge in [0.1, 0.15) is 10.7 Å². The Hall–Kier alpha value is -1.93. The number of sulfonamides is 1. The second kappa shape index (κ2) is 4.75. The van der Waals surface area contributed by atoms with Crippen molar-refractivity contribution in [1.29, 1.82) is 0 Å². The summed E-state index contributed by atoms with van der Waals surface area (Å²) in [5, 5.41) is 6.22. The second-order valence-corrected chi connectivity index (χ2v) is 5.29. The van der Waals surface area contributed by atoms with Gasteiger partial charge < -0.3 is 5.73 Å². The number of rotatable bonds is 4. The number of hydrogen-bond acceptors (Lipinski definition) is 4. The molecule has 4 N–H and O–H groups in total. The fraction of sp³-hybridized carbons (Fsp3) is 0.100. The zero-order valence-corrected chi connectivity index (χ0v) is 10.0. The van der Waals surface area contributed by atoms with Gasteiger partial charge in [0.05, 0.1) is 11.9 Å². The fourth-order valence-electron chi connectivity index (χ4n) is 1.43. The summed E-state index contributed by atoms with van der Waals surface area (Å²) in [6, 6.07) is 3.72. The first-order valence-corrected chi connectivity index (χ1v) is 6.50. The molecule has 0 saturated heterocycles. The van der Waals surface area contributed by atoms with Crippen molar-refractivity contribution >= 4 is 15.7 Å². The summed E-state index contributed by atoms with van der Waals surface area (Å²) < 4.78 is 39.6. The van der Waals surface area contributed by atoms with E-state index in [1.54, 1.807) is 0 Å². The van der Waals surface area contributed by atoms with Crippen molar-refractivity contribution in [3.05, 3.63) is 42.0 Å². The molecule has 96 valence electrons. The van der Waals surface area contributed by atoms with Crippen LogP contribution < -0.4 is 10.5 Å². The number of hydrogen-bond donors (Lipinski definition) is 3. The molecule has 6 nitrogen and oxygen atoms in total. The van der Waals surface area contributed by atoms with Crippen LogP contribution >= 0.6 is 0 Å². The highest BCUT2D eigenvalue weighted by molar-refractivity contribution is 7.89. The van der Waals surface area contributed by atoms with Crippen molar-refractivity contribution in [3.8, 4) is 0 Å². The zero-order valence-electron chi connectivity index (χ0n) is 9.22. The number of H-pyrrole nitrogens is 1. The smallest absolute Gasteiger partial charge is 0.245 e. The molecule has 1 aromatic carbocycles. The summed E-state index contributed by atoms with van der Waals surface area (Å²) >= 11 is 0. The standard InChI is InChI=1S/C10H11FN4O2S/c11-8-2-1-3-9(12)10(8)18(16,17)15-6-7-4-13-14-5-7/h1-5,15H,6,12H2,(H,13,14). The molecule has 0 aliphatic heterocycles. The van der Waals surface area contributed by atoms with Gasteiger partial charge in [-0.1, -0.05) is 6.07 Å². The van der Waals surface area contributed by atoms with Crippen molar-refractivity contribution in [3.63, 3.8) is 0 Å². The molecule has 2 rings (SSSR count). The lowest BCUT2D eigenvalue weighted by molar-refractivity contribution is 0.558. The van der Waals surface area contributed by atoms with Gasteiger partial charge in [0.2, 0.25) is 10.0 Å². The normalized spacial score (nSPS) is 11.6. The molecule has 0 radical (unpaired) electrons. The average Bonchev–Trinajstić information content (AvgIpc) is 2.78. The summed E-state index contributed by atoms with van der Waals surface area (Å²) in [5.74, 6) is -0.880. The number of halogens is 1. The van der Waals surface area contributed by atoms with Gasteiger partial charge in [-0.25, -0.2) is 17.5 Å². The number of anilines is 1. The van der Waals surface area contributed by atoms with Gasteiger partial charge >= 0.3 is 0 Å². The first kappa shape index (κ1) is 12.5. The fourth-order valence-corrected chi connectivity index (χ4v) is 2.64. The van der Waals surface area contributed by atoms with Crippen LogP contribution in [0.25, 0.3) is 0 Å². The molecule has 8 heteroatoms. The minimum atomic E-state index is -3.99. The molecular formula is C10H11FN4O2S. The predicted molar refractivity (Wildman–Crippen MR) is 63.4 cm³/mol. The molecule has 1 aromatic heterocycles. The molecule has 0 unspecified atom stereocenters. The number of nitrogen functional groups attached to an aromatic ring is 1. The molecule has 2 aromatic rings. The van der Waals surface area contributed by atoms with Crippen molar-refractivity contribution in [2.24, 2.45) is 0 Å². The highest BCUT2D eigenvalue weighted by Crippen LogP contribution is 2.21. The third kappa shape index (κ3) is 2.49. The molecule has 0 atom stereocenters. The van der Waals surface area contributed by atoms with Gasteiger partial charge in [-0.05, 0) is 12.1 Å². The lowest BCUT2D eigenvalue weighted by atomic mass is 10.3. The predicted octanol–water partition coefficient (Wildman–Crippen LogP) is 0.609. The van der Waals surface area contributed by atoms with Crippen LogP contribution in [-0.4, -0.2) is 18.6 Å². The van der Waals surface area contributed by atoms with E-state index >= 15 is 0 Å². The quantitative estimate of drug-likeness (QED) is 0.708. The highest BCUT2D eigenvalue weighted by Gasteiger charge is 2.21. The van der Waals surface area contributed by atoms with Crippen molar-refractivity contribution in [2.45, 2.75) is 11.4 Å². The molecule has 18 heavy (non-hydrogen) atoms. The Labute approximate surface area is 103 Å². The Morgan fingerprint density at radius 3 is 2.83 bits per heavy atom. The van der Waals surface area contributed by atoms with Gasteiger partial charge in [0.15, 0.2) is 0 Å². The van der Waals surface area contributed by atoms with Crippen LogP contribution in [-0.2, 0) is 16.6 Å². The van der Waals surface area contributed by atoms with Gasteiger partial charge in [-0.15, -0.1) is 0 Å². The molecule has 0 aliphatic rings. The molecule has 0 spiro atoms.